The summed E-state index contributed by atoms with van der Waals surface area (Å²) in [7, 11) is 0. The lowest BCUT2D eigenvalue weighted by Gasteiger charge is -2.29. The van der Waals surface area contributed by atoms with Crippen molar-refractivity contribution in [3.05, 3.63) is 23.0 Å². The summed E-state index contributed by atoms with van der Waals surface area (Å²) in [6, 6.07) is 4.14. The number of halogens is 1. The number of aromatic amines is 1. The van der Waals surface area contributed by atoms with E-state index in [-0.39, 0.29) is 5.41 Å². The molecule has 0 saturated heterocycles. The molecule has 0 fully saturated rings. The summed E-state index contributed by atoms with van der Waals surface area (Å²) in [4.78, 5) is 3.33. The summed E-state index contributed by atoms with van der Waals surface area (Å²) < 4.78 is 0. The van der Waals surface area contributed by atoms with Crippen molar-refractivity contribution in [3.63, 3.8) is 0 Å². The van der Waals surface area contributed by atoms with Gasteiger partial charge in [0.15, 0.2) is 0 Å². The summed E-state index contributed by atoms with van der Waals surface area (Å²) in [5, 5.41) is 0.765. The molecule has 0 aliphatic rings. The molecule has 0 radical (unpaired) electrons. The van der Waals surface area contributed by atoms with E-state index in [4.69, 9.17) is 11.6 Å². The van der Waals surface area contributed by atoms with Gasteiger partial charge in [0.2, 0.25) is 0 Å². The molecule has 18 heavy (non-hydrogen) atoms. The first-order valence-electron chi connectivity index (χ1n) is 7.47. The van der Waals surface area contributed by atoms with Crippen LogP contribution in [0.3, 0.4) is 0 Å². The van der Waals surface area contributed by atoms with Crippen LogP contribution in [0.1, 0.15) is 77.8 Å². The third-order valence-corrected chi connectivity index (χ3v) is 4.19. The first-order valence-corrected chi connectivity index (χ1v) is 7.85. The molecule has 1 aromatic rings. The highest BCUT2D eigenvalue weighted by Crippen LogP contribution is 2.35. The zero-order valence-electron chi connectivity index (χ0n) is 12.2. The Morgan fingerprint density at radius 2 is 1.67 bits per heavy atom. The van der Waals surface area contributed by atoms with E-state index >= 15 is 0 Å². The average Bonchev–Trinajstić information content (AvgIpc) is 2.80. The topological polar surface area (TPSA) is 15.8 Å². The van der Waals surface area contributed by atoms with Crippen LogP contribution in [0.4, 0.5) is 0 Å². The Morgan fingerprint density at radius 1 is 1.00 bits per heavy atom. The van der Waals surface area contributed by atoms with Crippen molar-refractivity contribution in [2.24, 2.45) is 0 Å². The predicted octanol–water partition coefficient (Wildman–Crippen LogP) is 6.09. The average molecular weight is 270 g/mol. The Bertz CT molecular complexity index is 332. The molecule has 0 aliphatic heterocycles. The standard InChI is InChI=1S/C16H28ClN/c1-4-6-8-9-13-16(3,12-7-5-2)14-10-11-15(17)18-14/h10-11,18H,4-9,12-13H2,1-3H3. The smallest absolute Gasteiger partial charge is 0.106 e. The van der Waals surface area contributed by atoms with E-state index in [0.717, 1.165) is 5.15 Å². The van der Waals surface area contributed by atoms with Gasteiger partial charge in [-0.2, -0.15) is 0 Å². The van der Waals surface area contributed by atoms with Gasteiger partial charge in [0.1, 0.15) is 5.15 Å². The number of unbranched alkanes of at least 4 members (excludes halogenated alkanes) is 4. The molecule has 0 bridgehead atoms. The third kappa shape index (κ3) is 4.68. The molecule has 1 rings (SSSR count). The van der Waals surface area contributed by atoms with E-state index in [2.05, 4.69) is 31.8 Å². The summed E-state index contributed by atoms with van der Waals surface area (Å²) in [5.74, 6) is 0. The first kappa shape index (κ1) is 15.6. The van der Waals surface area contributed by atoms with E-state index < -0.39 is 0 Å². The van der Waals surface area contributed by atoms with E-state index in [1.807, 2.05) is 6.07 Å². The Hall–Kier alpha value is -0.430. The molecule has 0 saturated carbocycles. The summed E-state index contributed by atoms with van der Waals surface area (Å²) in [6.45, 7) is 6.91. The number of rotatable bonds is 9. The second-order valence-corrected chi connectivity index (χ2v) is 6.10. The van der Waals surface area contributed by atoms with Crippen LogP contribution in [-0.2, 0) is 5.41 Å². The normalized spacial score (nSPS) is 14.7. The van der Waals surface area contributed by atoms with Gasteiger partial charge in [-0.15, -0.1) is 0 Å². The lowest BCUT2D eigenvalue weighted by Crippen LogP contribution is -2.22. The van der Waals surface area contributed by atoms with Crippen molar-refractivity contribution >= 4 is 11.6 Å². The Labute approximate surface area is 117 Å². The van der Waals surface area contributed by atoms with Gasteiger partial charge in [-0.05, 0) is 25.0 Å². The van der Waals surface area contributed by atoms with E-state index in [1.165, 1.54) is 57.1 Å². The molecular weight excluding hydrogens is 242 g/mol. The highest BCUT2D eigenvalue weighted by atomic mass is 35.5. The number of hydrogen-bond donors (Lipinski definition) is 1. The lowest BCUT2D eigenvalue weighted by atomic mass is 9.77. The van der Waals surface area contributed by atoms with Gasteiger partial charge in [-0.3, -0.25) is 0 Å². The van der Waals surface area contributed by atoms with Gasteiger partial charge in [0.25, 0.3) is 0 Å². The van der Waals surface area contributed by atoms with Crippen molar-refractivity contribution in [1.82, 2.24) is 4.98 Å². The number of nitrogens with one attached hydrogen (secondary N) is 1. The maximum Gasteiger partial charge on any atom is 0.106 e. The Kier molecular flexibility index (Phi) is 6.85. The zero-order chi connectivity index (χ0) is 13.4. The van der Waals surface area contributed by atoms with Gasteiger partial charge >= 0.3 is 0 Å². The highest BCUT2D eigenvalue weighted by molar-refractivity contribution is 6.29. The molecule has 104 valence electrons. The monoisotopic (exact) mass is 269 g/mol. The van der Waals surface area contributed by atoms with Gasteiger partial charge in [-0.1, -0.05) is 70.9 Å². The number of hydrogen-bond acceptors (Lipinski definition) is 0. The highest BCUT2D eigenvalue weighted by Gasteiger charge is 2.26. The van der Waals surface area contributed by atoms with E-state index in [0.29, 0.717) is 0 Å². The van der Waals surface area contributed by atoms with Gasteiger partial charge < -0.3 is 4.98 Å². The zero-order valence-corrected chi connectivity index (χ0v) is 12.9. The number of aromatic nitrogens is 1. The third-order valence-electron chi connectivity index (χ3n) is 3.96. The van der Waals surface area contributed by atoms with Crippen LogP contribution in [0.25, 0.3) is 0 Å². The van der Waals surface area contributed by atoms with Crippen LogP contribution in [0.15, 0.2) is 12.1 Å². The van der Waals surface area contributed by atoms with Crippen LogP contribution in [0.2, 0.25) is 5.15 Å². The van der Waals surface area contributed by atoms with Gasteiger partial charge in [-0.25, -0.2) is 0 Å². The molecule has 0 aromatic carbocycles. The minimum atomic E-state index is 0.275. The second kappa shape index (κ2) is 7.89. The molecule has 1 nitrogen and oxygen atoms in total. The SMILES string of the molecule is CCCCCCC(C)(CCCC)c1ccc(Cl)[nH]1. The van der Waals surface area contributed by atoms with E-state index in [1.54, 1.807) is 0 Å². The minimum absolute atomic E-state index is 0.275. The molecule has 1 N–H and O–H groups in total. The molecular formula is C16H28ClN. The van der Waals surface area contributed by atoms with E-state index in [9.17, 15) is 0 Å². The maximum atomic E-state index is 6.03. The fraction of sp³-hybridized carbons (Fsp3) is 0.750. The molecule has 1 heterocycles. The van der Waals surface area contributed by atoms with Crippen molar-refractivity contribution in [1.29, 1.82) is 0 Å². The minimum Gasteiger partial charge on any atom is -0.349 e. The molecule has 0 spiro atoms. The summed E-state index contributed by atoms with van der Waals surface area (Å²) in [5.41, 5.74) is 1.59. The van der Waals surface area contributed by atoms with Crippen molar-refractivity contribution < 1.29 is 0 Å². The maximum absolute atomic E-state index is 6.03. The van der Waals surface area contributed by atoms with Crippen LogP contribution in [-0.4, -0.2) is 4.98 Å². The molecule has 2 heteroatoms. The van der Waals surface area contributed by atoms with Crippen LogP contribution in [0, 0.1) is 0 Å². The lowest BCUT2D eigenvalue weighted by molar-refractivity contribution is 0.361. The summed E-state index contributed by atoms with van der Waals surface area (Å²) >= 11 is 6.03. The first-order chi connectivity index (χ1) is 8.62. The largest absolute Gasteiger partial charge is 0.349 e. The number of H-pyrrole nitrogens is 1. The predicted molar refractivity (Wildman–Crippen MR) is 81.4 cm³/mol. The van der Waals surface area contributed by atoms with Gasteiger partial charge in [0, 0.05) is 11.1 Å². The van der Waals surface area contributed by atoms with Crippen LogP contribution < -0.4 is 0 Å². The molecule has 0 aliphatic carbocycles. The molecule has 1 atom stereocenters. The van der Waals surface area contributed by atoms with Gasteiger partial charge in [0.05, 0.1) is 0 Å². The molecule has 1 aromatic heterocycles. The van der Waals surface area contributed by atoms with Crippen molar-refractivity contribution in [3.8, 4) is 0 Å². The fourth-order valence-electron chi connectivity index (χ4n) is 2.62. The molecule has 1 unspecified atom stereocenters. The molecule has 0 amide bonds. The Morgan fingerprint density at radius 3 is 2.22 bits per heavy atom. The quantitative estimate of drug-likeness (QED) is 0.523. The van der Waals surface area contributed by atoms with Crippen LogP contribution >= 0.6 is 11.6 Å². The Balaban J connectivity index is 2.62. The van der Waals surface area contributed by atoms with Crippen molar-refractivity contribution in [2.75, 3.05) is 0 Å². The fourth-order valence-corrected chi connectivity index (χ4v) is 2.79. The van der Waals surface area contributed by atoms with Crippen LogP contribution in [0.5, 0.6) is 0 Å². The summed E-state index contributed by atoms with van der Waals surface area (Å²) in [6.07, 6.45) is 10.4. The second-order valence-electron chi connectivity index (χ2n) is 5.69. The van der Waals surface area contributed by atoms with Crippen molar-refractivity contribution in [2.45, 2.75) is 77.6 Å².